The van der Waals surface area contributed by atoms with Gasteiger partial charge in [0.1, 0.15) is 0 Å². The Bertz CT molecular complexity index is 861. The summed E-state index contributed by atoms with van der Waals surface area (Å²) in [5, 5.41) is 9.09. The molecule has 1 saturated heterocycles. The fraction of sp³-hybridized carbons (Fsp3) is 0.455. The SMILES string of the molecule is CS(=O)c1ccc2c(c1)C(N1CCN(CCCO)CC1)Cc1ccccc1S2.Cl.Cl. The van der Waals surface area contributed by atoms with Gasteiger partial charge in [0.2, 0.25) is 0 Å². The molecule has 0 aromatic heterocycles. The number of fused-ring (bicyclic) bond motifs is 2. The molecule has 0 aliphatic carbocycles. The predicted molar refractivity (Wildman–Crippen MR) is 130 cm³/mol. The largest absolute Gasteiger partial charge is 0.396 e. The molecule has 1 N–H and O–H groups in total. The van der Waals surface area contributed by atoms with E-state index in [1.54, 1.807) is 6.26 Å². The van der Waals surface area contributed by atoms with Gasteiger partial charge in [0.25, 0.3) is 0 Å². The lowest BCUT2D eigenvalue weighted by Gasteiger charge is -2.39. The van der Waals surface area contributed by atoms with Gasteiger partial charge in [-0.3, -0.25) is 9.11 Å². The van der Waals surface area contributed by atoms with Gasteiger partial charge in [-0.15, -0.1) is 24.8 Å². The molecule has 0 bridgehead atoms. The molecule has 30 heavy (non-hydrogen) atoms. The zero-order valence-electron chi connectivity index (χ0n) is 17.2. The zero-order chi connectivity index (χ0) is 19.5. The molecule has 0 spiro atoms. The molecule has 4 nitrogen and oxygen atoms in total. The summed E-state index contributed by atoms with van der Waals surface area (Å²) in [5.74, 6) is 0. The third-order valence-corrected chi connectivity index (χ3v) is 7.89. The lowest BCUT2D eigenvalue weighted by Crippen LogP contribution is -2.48. The van der Waals surface area contributed by atoms with Crippen molar-refractivity contribution in [2.24, 2.45) is 0 Å². The normalized spacial score (nSPS) is 20.1. The summed E-state index contributed by atoms with van der Waals surface area (Å²) in [6, 6.07) is 15.4. The van der Waals surface area contributed by atoms with Crippen LogP contribution in [0.4, 0.5) is 0 Å². The fourth-order valence-electron chi connectivity index (χ4n) is 4.19. The second-order valence-corrected chi connectivity index (χ2v) is 10.0. The van der Waals surface area contributed by atoms with Crippen LogP contribution in [0, 0.1) is 0 Å². The first-order chi connectivity index (χ1) is 13.7. The van der Waals surface area contributed by atoms with Gasteiger partial charge in [-0.05, 0) is 48.2 Å². The van der Waals surface area contributed by atoms with Crippen molar-refractivity contribution >= 4 is 47.4 Å². The summed E-state index contributed by atoms with van der Waals surface area (Å²) in [4.78, 5) is 8.58. The molecule has 2 atom stereocenters. The smallest absolute Gasteiger partial charge is 0.0498 e. The Kier molecular flexibility index (Phi) is 10.1. The van der Waals surface area contributed by atoms with E-state index in [2.05, 4.69) is 46.2 Å². The number of halogens is 2. The topological polar surface area (TPSA) is 43.8 Å². The first-order valence-corrected chi connectivity index (χ1v) is 12.3. The summed E-state index contributed by atoms with van der Waals surface area (Å²) < 4.78 is 12.1. The number of hydrogen-bond acceptors (Lipinski definition) is 5. The average Bonchev–Trinajstić information content (AvgIpc) is 2.88. The minimum atomic E-state index is -0.972. The molecule has 2 aliphatic rings. The highest BCUT2D eigenvalue weighted by Crippen LogP contribution is 2.43. The van der Waals surface area contributed by atoms with Gasteiger partial charge >= 0.3 is 0 Å². The van der Waals surface area contributed by atoms with E-state index in [4.69, 9.17) is 5.11 Å². The average molecular weight is 490 g/mol. The molecule has 1 fully saturated rings. The minimum absolute atomic E-state index is 0. The van der Waals surface area contributed by atoms with E-state index in [1.807, 2.05) is 17.8 Å². The van der Waals surface area contributed by atoms with Gasteiger partial charge in [0, 0.05) is 77.1 Å². The van der Waals surface area contributed by atoms with Crippen molar-refractivity contribution in [3.63, 3.8) is 0 Å². The number of aliphatic hydroxyl groups is 1. The zero-order valence-corrected chi connectivity index (χ0v) is 20.4. The summed E-state index contributed by atoms with van der Waals surface area (Å²) in [6.07, 6.45) is 3.60. The molecule has 2 heterocycles. The Hall–Kier alpha value is -0.600. The first kappa shape index (κ1) is 25.7. The minimum Gasteiger partial charge on any atom is -0.396 e. The van der Waals surface area contributed by atoms with E-state index in [-0.39, 0.29) is 31.4 Å². The molecule has 2 aromatic carbocycles. The maximum atomic E-state index is 12.1. The van der Waals surface area contributed by atoms with E-state index >= 15 is 0 Å². The molecule has 0 amide bonds. The van der Waals surface area contributed by atoms with Crippen molar-refractivity contribution in [1.82, 2.24) is 9.80 Å². The third kappa shape index (κ3) is 5.80. The van der Waals surface area contributed by atoms with Crippen molar-refractivity contribution in [2.45, 2.75) is 33.6 Å². The van der Waals surface area contributed by atoms with Crippen LogP contribution in [0.2, 0.25) is 0 Å². The van der Waals surface area contributed by atoms with E-state index < -0.39 is 10.8 Å². The number of rotatable bonds is 5. The standard InChI is InChI=1S/C22H28N2O2S2.2ClH/c1-28(26)18-7-8-22-19(16-18)20(15-17-5-2-3-6-21(17)27-22)24-12-10-23(11-13-24)9-4-14-25;;/h2-3,5-8,16,20,25H,4,9-15H2,1H3;2*1H. The predicted octanol–water partition coefficient (Wildman–Crippen LogP) is 4.02. The van der Waals surface area contributed by atoms with Crippen LogP contribution < -0.4 is 0 Å². The fourth-order valence-corrected chi connectivity index (χ4v) is 5.85. The Morgan fingerprint density at radius 2 is 1.80 bits per heavy atom. The second kappa shape index (κ2) is 11.9. The van der Waals surface area contributed by atoms with Crippen LogP contribution in [0.25, 0.3) is 0 Å². The van der Waals surface area contributed by atoms with Gasteiger partial charge < -0.3 is 10.0 Å². The second-order valence-electron chi connectivity index (χ2n) is 7.54. The summed E-state index contributed by atoms with van der Waals surface area (Å²) >= 11 is 1.84. The molecular formula is C22H30Cl2N2O2S2. The highest BCUT2D eigenvalue weighted by atomic mass is 35.5. The molecular weight excluding hydrogens is 459 g/mol. The van der Waals surface area contributed by atoms with Crippen molar-refractivity contribution in [3.8, 4) is 0 Å². The van der Waals surface area contributed by atoms with Crippen LogP contribution >= 0.6 is 36.6 Å². The van der Waals surface area contributed by atoms with Gasteiger partial charge in [0.05, 0.1) is 0 Å². The van der Waals surface area contributed by atoms with E-state index in [0.29, 0.717) is 6.04 Å². The van der Waals surface area contributed by atoms with Crippen LogP contribution in [0.1, 0.15) is 23.6 Å². The molecule has 2 aromatic rings. The maximum Gasteiger partial charge on any atom is 0.0498 e. The van der Waals surface area contributed by atoms with E-state index in [9.17, 15) is 4.21 Å². The highest BCUT2D eigenvalue weighted by molar-refractivity contribution is 7.99. The lowest BCUT2D eigenvalue weighted by molar-refractivity contribution is 0.0898. The van der Waals surface area contributed by atoms with Gasteiger partial charge in [-0.1, -0.05) is 30.0 Å². The maximum absolute atomic E-state index is 12.1. The van der Waals surface area contributed by atoms with Crippen molar-refractivity contribution in [1.29, 1.82) is 0 Å². The number of piperazine rings is 1. The van der Waals surface area contributed by atoms with Crippen molar-refractivity contribution < 1.29 is 9.32 Å². The van der Waals surface area contributed by atoms with Crippen LogP contribution in [-0.2, 0) is 17.2 Å². The van der Waals surface area contributed by atoms with Gasteiger partial charge in [-0.2, -0.15) is 0 Å². The quantitative estimate of drug-likeness (QED) is 0.688. The van der Waals surface area contributed by atoms with E-state index in [1.165, 1.54) is 20.9 Å². The Labute approximate surface area is 198 Å². The number of nitrogens with zero attached hydrogens (tertiary/aromatic N) is 2. The van der Waals surface area contributed by atoms with Crippen LogP contribution in [0.5, 0.6) is 0 Å². The molecule has 4 rings (SSSR count). The Morgan fingerprint density at radius 3 is 2.50 bits per heavy atom. The van der Waals surface area contributed by atoms with Crippen molar-refractivity contribution in [2.75, 3.05) is 45.6 Å². The molecule has 166 valence electrons. The number of aliphatic hydroxyl groups excluding tert-OH is 1. The molecule has 0 saturated carbocycles. The Balaban J connectivity index is 0.00000160. The number of hydrogen-bond donors (Lipinski definition) is 1. The van der Waals surface area contributed by atoms with Crippen molar-refractivity contribution in [3.05, 3.63) is 53.6 Å². The van der Waals surface area contributed by atoms with Crippen LogP contribution in [-0.4, -0.2) is 64.7 Å². The molecule has 2 unspecified atom stereocenters. The molecule has 0 radical (unpaired) electrons. The lowest BCUT2D eigenvalue weighted by atomic mass is 9.96. The highest BCUT2D eigenvalue weighted by Gasteiger charge is 2.30. The third-order valence-electron chi connectivity index (χ3n) is 5.76. The molecule has 2 aliphatic heterocycles. The Morgan fingerprint density at radius 1 is 1.07 bits per heavy atom. The monoisotopic (exact) mass is 488 g/mol. The summed E-state index contributed by atoms with van der Waals surface area (Å²) in [7, 11) is -0.972. The number of benzene rings is 2. The summed E-state index contributed by atoms with van der Waals surface area (Å²) in [5.41, 5.74) is 2.72. The first-order valence-electron chi connectivity index (χ1n) is 9.96. The summed E-state index contributed by atoms with van der Waals surface area (Å²) in [6.45, 7) is 5.38. The van der Waals surface area contributed by atoms with Crippen LogP contribution in [0.15, 0.2) is 57.2 Å². The van der Waals surface area contributed by atoms with E-state index in [0.717, 1.165) is 50.5 Å². The van der Waals surface area contributed by atoms with Gasteiger partial charge in [-0.25, -0.2) is 0 Å². The van der Waals surface area contributed by atoms with Gasteiger partial charge in [0.15, 0.2) is 0 Å². The van der Waals surface area contributed by atoms with Crippen LogP contribution in [0.3, 0.4) is 0 Å². The molecule has 8 heteroatoms.